The Balaban J connectivity index is 1.54. The van der Waals surface area contributed by atoms with E-state index in [1.54, 1.807) is 11.0 Å². The van der Waals surface area contributed by atoms with Gasteiger partial charge in [0.05, 0.1) is 23.0 Å². The van der Waals surface area contributed by atoms with Crippen molar-refractivity contribution in [2.45, 2.75) is 37.3 Å². The third-order valence-electron chi connectivity index (χ3n) is 5.07. The Morgan fingerprint density at radius 1 is 1.16 bits per heavy atom. The van der Waals surface area contributed by atoms with Gasteiger partial charge >= 0.3 is 6.18 Å². The fourth-order valence-corrected chi connectivity index (χ4v) is 3.63. The van der Waals surface area contributed by atoms with Crippen LogP contribution in [0.3, 0.4) is 0 Å². The summed E-state index contributed by atoms with van der Waals surface area (Å²) in [6.45, 7) is 0.770. The van der Waals surface area contributed by atoms with Crippen molar-refractivity contribution in [1.29, 1.82) is 0 Å². The molecule has 4 rings (SSSR count). The highest BCUT2D eigenvalue weighted by Gasteiger charge is 2.38. The van der Waals surface area contributed by atoms with E-state index in [9.17, 15) is 18.0 Å². The van der Waals surface area contributed by atoms with Gasteiger partial charge in [0.25, 0.3) is 5.91 Å². The van der Waals surface area contributed by atoms with Crippen LogP contribution < -0.4 is 0 Å². The molecule has 1 aromatic carbocycles. The normalized spacial score (nSPS) is 20.9. The van der Waals surface area contributed by atoms with E-state index >= 15 is 0 Å². The number of rotatable bonds is 3. The van der Waals surface area contributed by atoms with Gasteiger partial charge in [0.2, 0.25) is 0 Å². The summed E-state index contributed by atoms with van der Waals surface area (Å²) in [5, 5.41) is 6.88. The Labute approximate surface area is 143 Å². The average Bonchev–Trinajstić information content (AvgIpc) is 3.12. The molecule has 1 aromatic heterocycles. The van der Waals surface area contributed by atoms with Crippen molar-refractivity contribution in [3.63, 3.8) is 0 Å². The molecule has 1 atom stereocenters. The predicted molar refractivity (Wildman–Crippen MR) is 85.3 cm³/mol. The van der Waals surface area contributed by atoms with Crippen LogP contribution in [0.4, 0.5) is 13.2 Å². The number of amides is 1. The molecular formula is C18H18F3N3O. The van der Waals surface area contributed by atoms with Gasteiger partial charge in [-0.05, 0) is 30.9 Å². The zero-order valence-corrected chi connectivity index (χ0v) is 13.5. The molecule has 1 unspecified atom stereocenters. The van der Waals surface area contributed by atoms with Crippen molar-refractivity contribution >= 4 is 5.91 Å². The highest BCUT2D eigenvalue weighted by Crippen LogP contribution is 2.42. The largest absolute Gasteiger partial charge is 0.416 e. The van der Waals surface area contributed by atoms with Crippen molar-refractivity contribution in [1.82, 2.24) is 15.1 Å². The molecule has 4 nitrogen and oxygen atoms in total. The van der Waals surface area contributed by atoms with Crippen molar-refractivity contribution < 1.29 is 18.0 Å². The van der Waals surface area contributed by atoms with Crippen molar-refractivity contribution in [2.24, 2.45) is 0 Å². The van der Waals surface area contributed by atoms with E-state index in [-0.39, 0.29) is 17.4 Å². The quantitative estimate of drug-likeness (QED) is 0.913. The number of carbonyl (C=O) groups is 1. The van der Waals surface area contributed by atoms with E-state index in [1.807, 2.05) is 0 Å². The second kappa shape index (κ2) is 5.89. The summed E-state index contributed by atoms with van der Waals surface area (Å²) in [6.07, 6.45) is -0.214. The van der Waals surface area contributed by atoms with Gasteiger partial charge in [0.15, 0.2) is 0 Å². The summed E-state index contributed by atoms with van der Waals surface area (Å²) < 4.78 is 39.7. The van der Waals surface area contributed by atoms with Gasteiger partial charge in [-0.25, -0.2) is 0 Å². The number of nitrogens with zero attached hydrogens (tertiary/aromatic N) is 2. The Morgan fingerprint density at radius 3 is 2.64 bits per heavy atom. The zero-order chi connectivity index (χ0) is 17.6. The smallest absolute Gasteiger partial charge is 0.338 e. The molecule has 1 aliphatic heterocycles. The topological polar surface area (TPSA) is 49.0 Å². The van der Waals surface area contributed by atoms with Crippen LogP contribution in [0.5, 0.6) is 0 Å². The first-order chi connectivity index (χ1) is 11.9. The lowest BCUT2D eigenvalue weighted by Gasteiger charge is -2.19. The number of hydrogen-bond donors (Lipinski definition) is 1. The second-order valence-corrected chi connectivity index (χ2v) is 6.79. The van der Waals surface area contributed by atoms with Crippen LogP contribution in [0.15, 0.2) is 30.5 Å². The molecule has 1 saturated heterocycles. The summed E-state index contributed by atoms with van der Waals surface area (Å²) in [7, 11) is 0. The predicted octanol–water partition coefficient (Wildman–Crippen LogP) is 3.94. The molecule has 2 heterocycles. The number of aromatic nitrogens is 2. The minimum Gasteiger partial charge on any atom is -0.338 e. The number of H-pyrrole nitrogens is 1. The van der Waals surface area contributed by atoms with E-state index in [0.29, 0.717) is 31.0 Å². The molecule has 25 heavy (non-hydrogen) atoms. The summed E-state index contributed by atoms with van der Waals surface area (Å²) in [5.41, 5.74) is 1.10. The average molecular weight is 349 g/mol. The van der Waals surface area contributed by atoms with Gasteiger partial charge in [0, 0.05) is 24.9 Å². The van der Waals surface area contributed by atoms with E-state index < -0.39 is 11.7 Å². The van der Waals surface area contributed by atoms with E-state index in [0.717, 1.165) is 24.6 Å². The molecular weight excluding hydrogens is 331 g/mol. The molecule has 2 fully saturated rings. The number of halogens is 3. The minimum absolute atomic E-state index is 0.136. The first-order valence-electron chi connectivity index (χ1n) is 8.44. The molecule has 0 radical (unpaired) electrons. The molecule has 1 saturated carbocycles. The lowest BCUT2D eigenvalue weighted by atomic mass is 9.93. The first kappa shape index (κ1) is 16.2. The molecule has 2 aromatic rings. The Kier molecular flexibility index (Phi) is 3.81. The fraction of sp³-hybridized carbons (Fsp3) is 0.444. The summed E-state index contributed by atoms with van der Waals surface area (Å²) in [5.74, 6) is -0.0634. The van der Waals surface area contributed by atoms with E-state index in [2.05, 4.69) is 10.2 Å². The van der Waals surface area contributed by atoms with Crippen molar-refractivity contribution in [3.8, 4) is 0 Å². The highest BCUT2D eigenvalue weighted by atomic mass is 19.4. The van der Waals surface area contributed by atoms with Crippen molar-refractivity contribution in [2.75, 3.05) is 13.1 Å². The van der Waals surface area contributed by atoms with Crippen molar-refractivity contribution in [3.05, 3.63) is 52.8 Å². The maximum Gasteiger partial charge on any atom is 0.416 e. The number of nitrogens with one attached hydrogen (secondary N) is 1. The lowest BCUT2D eigenvalue weighted by Crippen LogP contribution is -2.29. The molecule has 1 N–H and O–H groups in total. The Bertz CT molecular complexity index is 795. The Hall–Kier alpha value is -2.31. The van der Waals surface area contributed by atoms with Crippen LogP contribution in [-0.2, 0) is 6.18 Å². The number of hydrogen-bond acceptors (Lipinski definition) is 2. The van der Waals surface area contributed by atoms with Gasteiger partial charge in [-0.2, -0.15) is 18.3 Å². The number of aromatic amines is 1. The zero-order valence-electron chi connectivity index (χ0n) is 13.5. The number of alkyl halides is 3. The van der Waals surface area contributed by atoms with E-state index in [1.165, 1.54) is 18.3 Å². The van der Waals surface area contributed by atoms with Gasteiger partial charge in [-0.1, -0.05) is 18.2 Å². The monoisotopic (exact) mass is 349 g/mol. The SMILES string of the molecule is O=C(c1cn[nH]c1C1CC1)N1CCC(c2ccccc2C(F)(F)F)C1. The van der Waals surface area contributed by atoms with Gasteiger partial charge in [-0.15, -0.1) is 0 Å². The highest BCUT2D eigenvalue weighted by molar-refractivity contribution is 5.95. The fourth-order valence-electron chi connectivity index (χ4n) is 3.63. The third kappa shape index (κ3) is 3.03. The van der Waals surface area contributed by atoms with Crippen LogP contribution >= 0.6 is 0 Å². The van der Waals surface area contributed by atoms with Gasteiger partial charge in [-0.3, -0.25) is 9.89 Å². The maximum atomic E-state index is 13.2. The standard InChI is InChI=1S/C18H18F3N3O/c19-18(20,21)15-4-2-1-3-13(15)12-7-8-24(10-12)17(25)14-9-22-23-16(14)11-5-6-11/h1-4,9,11-12H,5-8,10H2,(H,22,23). The number of carbonyl (C=O) groups excluding carboxylic acids is 1. The summed E-state index contributed by atoms with van der Waals surface area (Å²) >= 11 is 0. The summed E-state index contributed by atoms with van der Waals surface area (Å²) in [6, 6.07) is 5.66. The molecule has 1 aliphatic carbocycles. The first-order valence-corrected chi connectivity index (χ1v) is 8.44. The molecule has 1 amide bonds. The molecule has 7 heteroatoms. The minimum atomic E-state index is -4.38. The maximum absolute atomic E-state index is 13.2. The molecule has 0 spiro atoms. The van der Waals surface area contributed by atoms with Crippen LogP contribution in [0.1, 0.15) is 58.3 Å². The van der Waals surface area contributed by atoms with E-state index in [4.69, 9.17) is 0 Å². The molecule has 2 aliphatic rings. The lowest BCUT2D eigenvalue weighted by molar-refractivity contribution is -0.138. The van der Waals surface area contributed by atoms with Gasteiger partial charge < -0.3 is 4.90 Å². The molecule has 132 valence electrons. The molecule has 0 bridgehead atoms. The number of benzene rings is 1. The second-order valence-electron chi connectivity index (χ2n) is 6.79. The van der Waals surface area contributed by atoms with Gasteiger partial charge in [0.1, 0.15) is 0 Å². The summed E-state index contributed by atoms with van der Waals surface area (Å²) in [4.78, 5) is 14.4. The number of likely N-dealkylation sites (tertiary alicyclic amines) is 1. The third-order valence-corrected chi connectivity index (χ3v) is 5.07. The van der Waals surface area contributed by atoms with Crippen LogP contribution in [-0.4, -0.2) is 34.1 Å². The van der Waals surface area contributed by atoms with Crippen LogP contribution in [0, 0.1) is 0 Å². The van der Waals surface area contributed by atoms with Crippen LogP contribution in [0.2, 0.25) is 0 Å². The van der Waals surface area contributed by atoms with Crippen LogP contribution in [0.25, 0.3) is 0 Å². The Morgan fingerprint density at radius 2 is 1.92 bits per heavy atom.